The molecule has 3 aromatic rings. The Morgan fingerprint density at radius 2 is 1.45 bits per heavy atom. The Bertz CT molecular complexity index is 1250. The summed E-state index contributed by atoms with van der Waals surface area (Å²) in [6.07, 6.45) is 1.05. The van der Waals surface area contributed by atoms with E-state index in [2.05, 4.69) is 20.9 Å². The van der Waals surface area contributed by atoms with E-state index in [9.17, 15) is 26.8 Å². The first-order chi connectivity index (χ1) is 15.6. The van der Waals surface area contributed by atoms with Crippen LogP contribution in [0.5, 0.6) is 5.75 Å². The van der Waals surface area contributed by atoms with E-state index in [1.165, 1.54) is 54.6 Å². The van der Waals surface area contributed by atoms with Crippen molar-refractivity contribution in [1.82, 2.24) is 10.9 Å². The number of alkyl halides is 2. The summed E-state index contributed by atoms with van der Waals surface area (Å²) in [5, 5.41) is 3.00. The highest BCUT2D eigenvalue weighted by Gasteiger charge is 2.14. The third kappa shape index (κ3) is 6.50. The fraction of sp³-hybridized carbons (Fsp3) is 0.0909. The summed E-state index contributed by atoms with van der Waals surface area (Å²) < 4.78 is 51.9. The van der Waals surface area contributed by atoms with E-state index in [0.717, 1.165) is 6.26 Å². The van der Waals surface area contributed by atoms with Crippen LogP contribution < -0.4 is 20.9 Å². The Balaban J connectivity index is 1.65. The summed E-state index contributed by atoms with van der Waals surface area (Å²) in [4.78, 5) is 24.9. The van der Waals surface area contributed by atoms with Crippen molar-refractivity contribution in [2.45, 2.75) is 11.5 Å². The molecule has 3 N–H and O–H groups in total. The fourth-order valence-corrected chi connectivity index (χ4v) is 3.40. The van der Waals surface area contributed by atoms with E-state index < -0.39 is 28.3 Å². The Morgan fingerprint density at radius 1 is 0.848 bits per heavy atom. The number of benzene rings is 3. The van der Waals surface area contributed by atoms with Gasteiger partial charge in [-0.1, -0.05) is 12.1 Å². The number of para-hydroxylation sites is 1. The molecule has 0 bridgehead atoms. The van der Waals surface area contributed by atoms with Crippen molar-refractivity contribution >= 4 is 33.0 Å². The van der Waals surface area contributed by atoms with Crippen molar-refractivity contribution in [3.05, 3.63) is 83.9 Å². The van der Waals surface area contributed by atoms with Gasteiger partial charge in [-0.25, -0.2) is 8.42 Å². The van der Waals surface area contributed by atoms with E-state index in [4.69, 9.17) is 0 Å². The fourth-order valence-electron chi connectivity index (χ4n) is 2.77. The van der Waals surface area contributed by atoms with Gasteiger partial charge in [0.15, 0.2) is 9.84 Å². The molecule has 0 spiro atoms. The molecule has 0 aliphatic carbocycles. The topological polar surface area (TPSA) is 114 Å². The average Bonchev–Trinajstić information content (AvgIpc) is 2.78. The molecule has 0 heterocycles. The van der Waals surface area contributed by atoms with Crippen LogP contribution in [0, 0.1) is 0 Å². The van der Waals surface area contributed by atoms with E-state index in [-0.39, 0.29) is 21.8 Å². The number of hydrogen-bond donors (Lipinski definition) is 3. The zero-order valence-electron chi connectivity index (χ0n) is 17.2. The lowest BCUT2D eigenvalue weighted by Crippen LogP contribution is -2.41. The molecule has 0 aliphatic heterocycles. The molecule has 3 aromatic carbocycles. The molecule has 0 fully saturated rings. The Kier molecular flexibility index (Phi) is 7.23. The van der Waals surface area contributed by atoms with Gasteiger partial charge in [-0.3, -0.25) is 20.4 Å². The second kappa shape index (κ2) is 10.1. The largest absolute Gasteiger partial charge is 0.435 e. The predicted octanol–water partition coefficient (Wildman–Crippen LogP) is 3.51. The second-order valence-electron chi connectivity index (χ2n) is 6.78. The summed E-state index contributed by atoms with van der Waals surface area (Å²) in [6, 6.07) is 17.4. The van der Waals surface area contributed by atoms with E-state index >= 15 is 0 Å². The van der Waals surface area contributed by atoms with Gasteiger partial charge >= 0.3 is 6.61 Å². The van der Waals surface area contributed by atoms with Crippen LogP contribution in [0.2, 0.25) is 0 Å². The Labute approximate surface area is 188 Å². The molecule has 0 atom stereocenters. The van der Waals surface area contributed by atoms with Crippen molar-refractivity contribution in [2.75, 3.05) is 11.6 Å². The number of halogens is 2. The lowest BCUT2D eigenvalue weighted by Gasteiger charge is -2.13. The van der Waals surface area contributed by atoms with Gasteiger partial charge < -0.3 is 10.1 Å². The molecule has 0 aromatic heterocycles. The number of hydrazine groups is 1. The zero-order chi connectivity index (χ0) is 24.0. The molecule has 11 heteroatoms. The van der Waals surface area contributed by atoms with Gasteiger partial charge in [0.2, 0.25) is 0 Å². The summed E-state index contributed by atoms with van der Waals surface area (Å²) in [6.45, 7) is -2.93. The van der Waals surface area contributed by atoms with Gasteiger partial charge in [0.05, 0.1) is 16.1 Å². The maximum absolute atomic E-state index is 12.6. The minimum absolute atomic E-state index is 0.00569. The highest BCUT2D eigenvalue weighted by Crippen LogP contribution is 2.23. The summed E-state index contributed by atoms with van der Waals surface area (Å²) >= 11 is 0. The van der Waals surface area contributed by atoms with Crippen molar-refractivity contribution < 1.29 is 31.5 Å². The van der Waals surface area contributed by atoms with Crippen molar-refractivity contribution in [3.8, 4) is 5.75 Å². The maximum Gasteiger partial charge on any atom is 0.387 e. The average molecular weight is 475 g/mol. The van der Waals surface area contributed by atoms with Gasteiger partial charge in [0.1, 0.15) is 5.75 Å². The third-order valence-corrected chi connectivity index (χ3v) is 5.49. The highest BCUT2D eigenvalue weighted by atomic mass is 32.2. The quantitative estimate of drug-likeness (QED) is 0.451. The minimum atomic E-state index is -3.39. The number of nitrogens with one attached hydrogen (secondary N) is 3. The lowest BCUT2D eigenvalue weighted by atomic mass is 10.1. The monoisotopic (exact) mass is 475 g/mol. The zero-order valence-corrected chi connectivity index (χ0v) is 18.0. The van der Waals surface area contributed by atoms with E-state index in [1.54, 1.807) is 18.2 Å². The van der Waals surface area contributed by atoms with Crippen LogP contribution >= 0.6 is 0 Å². The molecular formula is C22H19F2N3O5S. The molecule has 0 saturated carbocycles. The molecule has 33 heavy (non-hydrogen) atoms. The van der Waals surface area contributed by atoms with Crippen LogP contribution in [0.25, 0.3) is 0 Å². The smallest absolute Gasteiger partial charge is 0.387 e. The minimum Gasteiger partial charge on any atom is -0.435 e. The van der Waals surface area contributed by atoms with Crippen LogP contribution in [-0.2, 0) is 9.84 Å². The summed E-state index contributed by atoms with van der Waals surface area (Å²) in [5.41, 5.74) is 5.85. The standard InChI is InChI=1S/C22H19F2N3O5S/c1-33(30,31)17-12-6-14(7-13-17)20(28)26-27-21(29)18-4-2-3-5-19(18)25-15-8-10-16(11-9-15)32-22(23)24/h2-13,22,25H,1H3,(H,26,28)(H,27,29). The molecule has 0 aliphatic rings. The first kappa shape index (κ1) is 23.7. The number of rotatable bonds is 7. The first-order valence-electron chi connectivity index (χ1n) is 9.45. The molecule has 0 unspecified atom stereocenters. The number of sulfone groups is 1. The number of carbonyl (C=O) groups is 2. The van der Waals surface area contributed by atoms with Gasteiger partial charge in [-0.2, -0.15) is 8.78 Å². The molecular weight excluding hydrogens is 456 g/mol. The van der Waals surface area contributed by atoms with E-state index in [1.807, 2.05) is 0 Å². The number of hydrogen-bond acceptors (Lipinski definition) is 6. The SMILES string of the molecule is CS(=O)(=O)c1ccc(C(=O)NNC(=O)c2ccccc2Nc2ccc(OC(F)F)cc2)cc1. The van der Waals surface area contributed by atoms with Crippen LogP contribution in [0.1, 0.15) is 20.7 Å². The molecule has 172 valence electrons. The molecule has 3 rings (SSSR count). The van der Waals surface area contributed by atoms with Gasteiger partial charge in [-0.05, 0) is 60.7 Å². The van der Waals surface area contributed by atoms with Crippen LogP contribution in [0.3, 0.4) is 0 Å². The molecule has 0 saturated heterocycles. The second-order valence-corrected chi connectivity index (χ2v) is 8.79. The van der Waals surface area contributed by atoms with Crippen molar-refractivity contribution in [3.63, 3.8) is 0 Å². The van der Waals surface area contributed by atoms with E-state index in [0.29, 0.717) is 11.4 Å². The Morgan fingerprint density at radius 3 is 2.06 bits per heavy atom. The number of carbonyl (C=O) groups excluding carboxylic acids is 2. The van der Waals surface area contributed by atoms with Crippen molar-refractivity contribution in [1.29, 1.82) is 0 Å². The molecule has 8 nitrogen and oxygen atoms in total. The predicted molar refractivity (Wildman–Crippen MR) is 117 cm³/mol. The maximum atomic E-state index is 12.6. The van der Waals surface area contributed by atoms with Crippen LogP contribution in [-0.4, -0.2) is 33.1 Å². The summed E-state index contributed by atoms with van der Waals surface area (Å²) in [5.74, 6) is -1.26. The first-order valence-corrected chi connectivity index (χ1v) is 11.3. The normalized spacial score (nSPS) is 11.0. The van der Waals surface area contributed by atoms with Crippen LogP contribution in [0.15, 0.2) is 77.7 Å². The number of anilines is 2. The van der Waals surface area contributed by atoms with Gasteiger partial charge in [0, 0.05) is 17.5 Å². The van der Waals surface area contributed by atoms with Crippen molar-refractivity contribution in [2.24, 2.45) is 0 Å². The lowest BCUT2D eigenvalue weighted by molar-refractivity contribution is -0.0498. The van der Waals surface area contributed by atoms with Gasteiger partial charge in [-0.15, -0.1) is 0 Å². The Hall–Kier alpha value is -3.99. The third-order valence-electron chi connectivity index (χ3n) is 4.36. The highest BCUT2D eigenvalue weighted by molar-refractivity contribution is 7.90. The van der Waals surface area contributed by atoms with Crippen LogP contribution in [0.4, 0.5) is 20.2 Å². The number of ether oxygens (including phenoxy) is 1. The molecule has 0 radical (unpaired) electrons. The molecule has 2 amide bonds. The van der Waals surface area contributed by atoms with Gasteiger partial charge in [0.25, 0.3) is 11.8 Å². The summed E-state index contributed by atoms with van der Waals surface area (Å²) in [7, 11) is -3.39. The number of amides is 2.